The van der Waals surface area contributed by atoms with Crippen molar-refractivity contribution in [3.8, 4) is 17.2 Å². The Morgan fingerprint density at radius 3 is 2.25 bits per heavy atom. The largest absolute Gasteiger partial charge is 0.482 e. The molecular formula is C21H16ClNO5. The molecule has 0 fully saturated rings. The zero-order valence-electron chi connectivity index (χ0n) is 14.6. The number of hydrogen-bond acceptors (Lipinski definition) is 4. The fourth-order valence-corrected chi connectivity index (χ4v) is 2.56. The Labute approximate surface area is 166 Å². The van der Waals surface area contributed by atoms with Crippen molar-refractivity contribution in [3.05, 3.63) is 83.4 Å². The number of hydrogen-bond donors (Lipinski definition) is 2. The molecule has 1 amide bonds. The number of carbonyl (C=O) groups is 2. The molecule has 0 aliphatic heterocycles. The van der Waals surface area contributed by atoms with Crippen LogP contribution in [0.25, 0.3) is 0 Å². The molecule has 0 aliphatic rings. The molecule has 0 unspecified atom stereocenters. The van der Waals surface area contributed by atoms with E-state index in [0.717, 1.165) is 5.75 Å². The monoisotopic (exact) mass is 397 g/mol. The Balaban J connectivity index is 1.53. The molecule has 28 heavy (non-hydrogen) atoms. The van der Waals surface area contributed by atoms with Crippen LogP contribution in [0.3, 0.4) is 0 Å². The van der Waals surface area contributed by atoms with E-state index in [0.29, 0.717) is 11.4 Å². The summed E-state index contributed by atoms with van der Waals surface area (Å²) in [5.74, 6) is 0.124. The number of nitrogens with one attached hydrogen (secondary N) is 1. The summed E-state index contributed by atoms with van der Waals surface area (Å²) in [6.07, 6.45) is 0. The zero-order chi connectivity index (χ0) is 19.9. The van der Waals surface area contributed by atoms with Gasteiger partial charge in [0.25, 0.3) is 5.91 Å². The van der Waals surface area contributed by atoms with Gasteiger partial charge in [0.05, 0.1) is 10.6 Å². The van der Waals surface area contributed by atoms with Gasteiger partial charge in [0, 0.05) is 5.69 Å². The predicted molar refractivity (Wildman–Crippen MR) is 105 cm³/mol. The second kappa shape index (κ2) is 8.92. The minimum absolute atomic E-state index is 0.0413. The first kappa shape index (κ1) is 19.3. The highest BCUT2D eigenvalue weighted by atomic mass is 35.5. The van der Waals surface area contributed by atoms with Crippen molar-refractivity contribution in [1.29, 1.82) is 0 Å². The lowest BCUT2D eigenvalue weighted by Crippen LogP contribution is -2.20. The lowest BCUT2D eigenvalue weighted by Gasteiger charge is -2.10. The first-order valence-electron chi connectivity index (χ1n) is 8.30. The Morgan fingerprint density at radius 1 is 0.929 bits per heavy atom. The van der Waals surface area contributed by atoms with Gasteiger partial charge in [0.1, 0.15) is 17.2 Å². The molecule has 3 rings (SSSR count). The number of rotatable bonds is 7. The van der Waals surface area contributed by atoms with Gasteiger partial charge < -0.3 is 19.9 Å². The molecule has 2 N–H and O–H groups in total. The van der Waals surface area contributed by atoms with E-state index in [1.54, 1.807) is 24.3 Å². The van der Waals surface area contributed by atoms with Gasteiger partial charge in [-0.25, -0.2) is 4.79 Å². The van der Waals surface area contributed by atoms with Crippen LogP contribution in [-0.4, -0.2) is 23.6 Å². The molecule has 0 aromatic heterocycles. The number of benzene rings is 3. The highest BCUT2D eigenvalue weighted by Gasteiger charge is 2.10. The van der Waals surface area contributed by atoms with Crippen LogP contribution in [0.4, 0.5) is 5.69 Å². The van der Waals surface area contributed by atoms with Crippen LogP contribution >= 0.6 is 11.6 Å². The Hall–Kier alpha value is -3.51. The van der Waals surface area contributed by atoms with Crippen molar-refractivity contribution < 1.29 is 24.2 Å². The summed E-state index contributed by atoms with van der Waals surface area (Å²) >= 11 is 5.97. The maximum atomic E-state index is 12.0. The summed E-state index contributed by atoms with van der Waals surface area (Å²) < 4.78 is 11.0. The van der Waals surface area contributed by atoms with Crippen molar-refractivity contribution >= 4 is 29.2 Å². The molecule has 0 spiro atoms. The molecule has 6 nitrogen and oxygen atoms in total. The van der Waals surface area contributed by atoms with Crippen molar-refractivity contribution in [2.24, 2.45) is 0 Å². The number of halogens is 1. The first-order valence-corrected chi connectivity index (χ1v) is 8.67. The average Bonchev–Trinajstić information content (AvgIpc) is 2.69. The van der Waals surface area contributed by atoms with Gasteiger partial charge in [-0.1, -0.05) is 29.8 Å². The van der Waals surface area contributed by atoms with Crippen molar-refractivity contribution in [3.63, 3.8) is 0 Å². The van der Waals surface area contributed by atoms with Crippen LogP contribution in [0, 0.1) is 0 Å². The summed E-state index contributed by atoms with van der Waals surface area (Å²) in [6.45, 7) is -0.269. The molecule has 0 saturated carbocycles. The number of aromatic carboxylic acids is 1. The van der Waals surface area contributed by atoms with Crippen molar-refractivity contribution in [2.45, 2.75) is 0 Å². The molecule has 0 radical (unpaired) electrons. The second-order valence-electron chi connectivity index (χ2n) is 5.73. The molecule has 3 aromatic rings. The Kier molecular flexibility index (Phi) is 6.14. The third kappa shape index (κ3) is 5.25. The molecular weight excluding hydrogens is 382 g/mol. The molecule has 0 atom stereocenters. The predicted octanol–water partition coefficient (Wildman–Crippen LogP) is 4.85. The van der Waals surface area contributed by atoms with E-state index in [9.17, 15) is 9.59 Å². The van der Waals surface area contributed by atoms with Crippen molar-refractivity contribution in [2.75, 3.05) is 11.9 Å². The molecule has 0 heterocycles. The summed E-state index contributed by atoms with van der Waals surface area (Å²) in [5.41, 5.74) is 0.626. The van der Waals surface area contributed by atoms with Gasteiger partial charge in [-0.2, -0.15) is 0 Å². The average molecular weight is 398 g/mol. The summed E-state index contributed by atoms with van der Waals surface area (Å²) in [4.78, 5) is 22.9. The highest BCUT2D eigenvalue weighted by Crippen LogP contribution is 2.26. The van der Waals surface area contributed by atoms with Gasteiger partial charge in [-0.05, 0) is 54.6 Å². The molecule has 3 aromatic carbocycles. The van der Waals surface area contributed by atoms with E-state index in [4.69, 9.17) is 26.2 Å². The van der Waals surface area contributed by atoms with E-state index in [1.165, 1.54) is 18.2 Å². The van der Waals surface area contributed by atoms with Crippen LogP contribution < -0.4 is 14.8 Å². The number of amides is 1. The van der Waals surface area contributed by atoms with Gasteiger partial charge >= 0.3 is 5.97 Å². The standard InChI is InChI=1S/C21H16ClNO5/c22-18-12-14(21(25)26)6-11-19(18)27-13-20(24)23-15-7-9-17(10-8-15)28-16-4-2-1-3-5-16/h1-12H,13H2,(H,23,24)(H,25,26). The summed E-state index contributed by atoms with van der Waals surface area (Å²) in [5, 5.41) is 11.7. The number of para-hydroxylation sites is 1. The fraction of sp³-hybridized carbons (Fsp3) is 0.0476. The first-order chi connectivity index (χ1) is 13.5. The normalized spacial score (nSPS) is 10.2. The quantitative estimate of drug-likeness (QED) is 0.595. The number of carbonyl (C=O) groups excluding carboxylic acids is 1. The van der Waals surface area contributed by atoms with Gasteiger partial charge in [0.2, 0.25) is 0 Å². The summed E-state index contributed by atoms with van der Waals surface area (Å²) in [7, 11) is 0. The minimum Gasteiger partial charge on any atom is -0.482 e. The molecule has 7 heteroatoms. The van der Waals surface area contributed by atoms with Crippen LogP contribution in [0.1, 0.15) is 10.4 Å². The van der Waals surface area contributed by atoms with E-state index >= 15 is 0 Å². The minimum atomic E-state index is -1.09. The third-order valence-corrected chi connectivity index (χ3v) is 3.95. The third-order valence-electron chi connectivity index (χ3n) is 3.65. The van der Waals surface area contributed by atoms with Crippen LogP contribution in [0.5, 0.6) is 17.2 Å². The Bertz CT molecular complexity index is 974. The lowest BCUT2D eigenvalue weighted by molar-refractivity contribution is -0.118. The topological polar surface area (TPSA) is 84.9 Å². The van der Waals surface area contributed by atoms with Crippen LogP contribution in [-0.2, 0) is 4.79 Å². The van der Waals surface area contributed by atoms with Gasteiger partial charge in [-0.15, -0.1) is 0 Å². The lowest BCUT2D eigenvalue weighted by atomic mass is 10.2. The molecule has 0 aliphatic carbocycles. The Morgan fingerprint density at radius 2 is 1.61 bits per heavy atom. The molecule has 0 saturated heterocycles. The molecule has 0 bridgehead atoms. The van der Waals surface area contributed by atoms with Crippen LogP contribution in [0.15, 0.2) is 72.8 Å². The smallest absolute Gasteiger partial charge is 0.335 e. The number of carboxylic acids is 1. The number of anilines is 1. The van der Waals surface area contributed by atoms with E-state index in [-0.39, 0.29) is 28.8 Å². The number of carboxylic acid groups (broad SMARTS) is 1. The van der Waals surface area contributed by atoms with E-state index in [2.05, 4.69) is 5.32 Å². The highest BCUT2D eigenvalue weighted by molar-refractivity contribution is 6.32. The van der Waals surface area contributed by atoms with Gasteiger partial charge in [0.15, 0.2) is 6.61 Å². The maximum Gasteiger partial charge on any atom is 0.335 e. The summed E-state index contributed by atoms with van der Waals surface area (Å²) in [6, 6.07) is 20.3. The van der Waals surface area contributed by atoms with Crippen LogP contribution in [0.2, 0.25) is 5.02 Å². The van der Waals surface area contributed by atoms with Gasteiger partial charge in [-0.3, -0.25) is 4.79 Å². The number of ether oxygens (including phenoxy) is 2. The van der Waals surface area contributed by atoms with Crippen molar-refractivity contribution in [1.82, 2.24) is 0 Å². The van der Waals surface area contributed by atoms with E-state index in [1.807, 2.05) is 30.3 Å². The molecule has 142 valence electrons. The fourth-order valence-electron chi connectivity index (χ4n) is 2.32. The van der Waals surface area contributed by atoms with E-state index < -0.39 is 5.97 Å². The second-order valence-corrected chi connectivity index (χ2v) is 6.13. The zero-order valence-corrected chi connectivity index (χ0v) is 15.3. The SMILES string of the molecule is O=C(COc1ccc(C(=O)O)cc1Cl)Nc1ccc(Oc2ccccc2)cc1. The maximum absolute atomic E-state index is 12.0.